The Morgan fingerprint density at radius 2 is 1.95 bits per heavy atom. The van der Waals surface area contributed by atoms with Gasteiger partial charge in [0.1, 0.15) is 0 Å². The first-order valence-electron chi connectivity index (χ1n) is 6.32. The molecule has 0 unspecified atom stereocenters. The van der Waals surface area contributed by atoms with Crippen LogP contribution in [0.2, 0.25) is 0 Å². The highest BCUT2D eigenvalue weighted by atomic mass is 32.2. The minimum Gasteiger partial charge on any atom is -0.481 e. The van der Waals surface area contributed by atoms with Crippen LogP contribution in [0.5, 0.6) is 0 Å². The first kappa shape index (κ1) is 15.8. The highest BCUT2D eigenvalue weighted by Crippen LogP contribution is 2.42. The third-order valence-electron chi connectivity index (χ3n) is 3.32. The quantitative estimate of drug-likeness (QED) is 0.657. The van der Waals surface area contributed by atoms with Gasteiger partial charge in [0.25, 0.3) is 0 Å². The van der Waals surface area contributed by atoms with Gasteiger partial charge in [-0.2, -0.15) is 11.8 Å². The second kappa shape index (κ2) is 7.37. The molecule has 3 N–H and O–H groups in total. The lowest BCUT2D eigenvalue weighted by atomic mass is 9.84. The van der Waals surface area contributed by atoms with Crippen LogP contribution in [0.4, 0.5) is 4.79 Å². The second-order valence-corrected chi connectivity index (χ2v) is 5.99. The third-order valence-corrected chi connectivity index (χ3v) is 4.73. The van der Waals surface area contributed by atoms with E-state index in [1.807, 2.05) is 6.26 Å². The summed E-state index contributed by atoms with van der Waals surface area (Å²) in [5.74, 6) is -1.38. The minimum atomic E-state index is -0.941. The fourth-order valence-electron chi connectivity index (χ4n) is 1.90. The molecule has 1 rings (SSSR count). The Balaban J connectivity index is 2.16. The normalized spacial score (nSPS) is 16.3. The first-order chi connectivity index (χ1) is 8.97. The topological polar surface area (TPSA) is 95.5 Å². The average molecular weight is 288 g/mol. The number of amides is 3. The molecule has 19 heavy (non-hydrogen) atoms. The van der Waals surface area contributed by atoms with E-state index < -0.39 is 17.9 Å². The number of hydrogen-bond donors (Lipinski definition) is 3. The van der Waals surface area contributed by atoms with E-state index in [1.54, 1.807) is 11.8 Å². The lowest BCUT2D eigenvalue weighted by molar-refractivity contribution is -0.137. The number of rotatable bonds is 7. The zero-order valence-electron chi connectivity index (χ0n) is 11.0. The number of imide groups is 1. The van der Waals surface area contributed by atoms with Crippen LogP contribution in [0.25, 0.3) is 0 Å². The Bertz CT molecular complexity index is 350. The molecule has 1 aliphatic carbocycles. The summed E-state index contributed by atoms with van der Waals surface area (Å²) in [5, 5.41) is 13.3. The maximum absolute atomic E-state index is 11.5. The van der Waals surface area contributed by atoms with Crippen molar-refractivity contribution >= 4 is 29.7 Å². The average Bonchev–Trinajstić information content (AvgIpc) is 2.27. The number of urea groups is 1. The molecule has 0 aromatic rings. The number of carboxylic acid groups (broad SMARTS) is 1. The van der Waals surface area contributed by atoms with E-state index in [0.29, 0.717) is 6.54 Å². The zero-order chi connectivity index (χ0) is 14.3. The Hall–Kier alpha value is -1.24. The van der Waals surface area contributed by atoms with Gasteiger partial charge >= 0.3 is 12.0 Å². The van der Waals surface area contributed by atoms with Crippen molar-refractivity contribution < 1.29 is 19.5 Å². The number of carboxylic acids is 1. The van der Waals surface area contributed by atoms with Crippen molar-refractivity contribution in [1.82, 2.24) is 10.6 Å². The van der Waals surface area contributed by atoms with Gasteiger partial charge in [-0.3, -0.25) is 14.9 Å². The number of carbonyl (C=O) groups excluding carboxylic acids is 2. The van der Waals surface area contributed by atoms with Crippen LogP contribution in [0.1, 0.15) is 38.5 Å². The van der Waals surface area contributed by atoms with Crippen molar-refractivity contribution in [3.63, 3.8) is 0 Å². The number of thioether (sulfide) groups is 1. The number of hydrogen-bond acceptors (Lipinski definition) is 4. The molecule has 7 heteroatoms. The fraction of sp³-hybridized carbons (Fsp3) is 0.750. The summed E-state index contributed by atoms with van der Waals surface area (Å²) in [6, 6.07) is -0.499. The molecule has 0 radical (unpaired) electrons. The van der Waals surface area contributed by atoms with Crippen LogP contribution in [0, 0.1) is 0 Å². The predicted molar refractivity (Wildman–Crippen MR) is 73.1 cm³/mol. The number of nitrogens with one attached hydrogen (secondary N) is 2. The zero-order valence-corrected chi connectivity index (χ0v) is 11.8. The van der Waals surface area contributed by atoms with Gasteiger partial charge in [-0.25, -0.2) is 4.79 Å². The molecule has 0 aromatic carbocycles. The molecule has 0 atom stereocenters. The molecule has 1 aliphatic rings. The highest BCUT2D eigenvalue weighted by molar-refractivity contribution is 8.00. The van der Waals surface area contributed by atoms with E-state index in [4.69, 9.17) is 5.11 Å². The fourth-order valence-corrected chi connectivity index (χ4v) is 2.81. The smallest absolute Gasteiger partial charge is 0.321 e. The van der Waals surface area contributed by atoms with Crippen molar-refractivity contribution in [2.45, 2.75) is 43.3 Å². The molecular weight excluding hydrogens is 268 g/mol. The highest BCUT2D eigenvalue weighted by Gasteiger charge is 2.36. The van der Waals surface area contributed by atoms with E-state index in [-0.39, 0.29) is 24.0 Å². The molecule has 1 saturated carbocycles. The lowest BCUT2D eigenvalue weighted by Crippen LogP contribution is -2.49. The van der Waals surface area contributed by atoms with Gasteiger partial charge in [-0.1, -0.05) is 6.42 Å². The van der Waals surface area contributed by atoms with Gasteiger partial charge in [0.15, 0.2) is 0 Å². The molecule has 0 aliphatic heterocycles. The summed E-state index contributed by atoms with van der Waals surface area (Å²) in [7, 11) is 0. The van der Waals surface area contributed by atoms with E-state index in [9.17, 15) is 14.4 Å². The standard InChI is InChI=1S/C12H20N2O4S/c1-19-12(6-3-7-12)8-13-11(18)14-9(15)4-2-5-10(16)17/h2-8H2,1H3,(H,16,17)(H2,13,14,15,18). The molecule has 108 valence electrons. The maximum atomic E-state index is 11.5. The Morgan fingerprint density at radius 3 is 2.42 bits per heavy atom. The van der Waals surface area contributed by atoms with Crippen molar-refractivity contribution in [1.29, 1.82) is 0 Å². The minimum absolute atomic E-state index is 0.0490. The summed E-state index contributed by atoms with van der Waals surface area (Å²) in [5.41, 5.74) is 0. The lowest BCUT2D eigenvalue weighted by Gasteiger charge is -2.40. The van der Waals surface area contributed by atoms with E-state index in [2.05, 4.69) is 10.6 Å². The second-order valence-electron chi connectivity index (χ2n) is 4.72. The molecule has 0 saturated heterocycles. The maximum Gasteiger partial charge on any atom is 0.321 e. The SMILES string of the molecule is CSC1(CNC(=O)NC(=O)CCCC(=O)O)CCC1. The van der Waals surface area contributed by atoms with Gasteiger partial charge in [-0.05, 0) is 25.5 Å². The van der Waals surface area contributed by atoms with E-state index >= 15 is 0 Å². The molecule has 1 fully saturated rings. The summed E-state index contributed by atoms with van der Waals surface area (Å²) in [6.07, 6.45) is 5.59. The van der Waals surface area contributed by atoms with Crippen LogP contribution < -0.4 is 10.6 Å². The van der Waals surface area contributed by atoms with Gasteiger partial charge in [0, 0.05) is 24.1 Å². The molecule has 0 bridgehead atoms. The van der Waals surface area contributed by atoms with E-state index in [0.717, 1.165) is 12.8 Å². The van der Waals surface area contributed by atoms with Crippen LogP contribution in [0.3, 0.4) is 0 Å². The van der Waals surface area contributed by atoms with Crippen molar-refractivity contribution in [2.75, 3.05) is 12.8 Å². The molecule has 6 nitrogen and oxygen atoms in total. The first-order valence-corrected chi connectivity index (χ1v) is 7.54. The van der Waals surface area contributed by atoms with Crippen LogP contribution in [0.15, 0.2) is 0 Å². The summed E-state index contributed by atoms with van der Waals surface area (Å²) in [4.78, 5) is 33.1. The van der Waals surface area contributed by atoms with Gasteiger partial charge in [0.2, 0.25) is 5.91 Å². The van der Waals surface area contributed by atoms with E-state index in [1.165, 1.54) is 6.42 Å². The van der Waals surface area contributed by atoms with Gasteiger partial charge < -0.3 is 10.4 Å². The number of carbonyl (C=O) groups is 3. The molecule has 0 aromatic heterocycles. The largest absolute Gasteiger partial charge is 0.481 e. The van der Waals surface area contributed by atoms with Gasteiger partial charge in [0.05, 0.1) is 0 Å². The van der Waals surface area contributed by atoms with Crippen molar-refractivity contribution in [2.24, 2.45) is 0 Å². The molecular formula is C12H20N2O4S. The predicted octanol–water partition coefficient (Wildman–Crippen LogP) is 1.35. The van der Waals surface area contributed by atoms with Crippen LogP contribution in [-0.2, 0) is 9.59 Å². The van der Waals surface area contributed by atoms with Crippen molar-refractivity contribution in [3.8, 4) is 0 Å². The number of aliphatic carboxylic acids is 1. The monoisotopic (exact) mass is 288 g/mol. The summed E-state index contributed by atoms with van der Waals surface area (Å²) >= 11 is 1.74. The third kappa shape index (κ3) is 5.50. The van der Waals surface area contributed by atoms with Gasteiger partial charge in [-0.15, -0.1) is 0 Å². The Kier molecular flexibility index (Phi) is 6.14. The summed E-state index contributed by atoms with van der Waals surface area (Å²) in [6.45, 7) is 0.558. The molecule has 0 spiro atoms. The molecule has 0 heterocycles. The summed E-state index contributed by atoms with van der Waals surface area (Å²) < 4.78 is 0.129. The van der Waals surface area contributed by atoms with Crippen molar-refractivity contribution in [3.05, 3.63) is 0 Å². The Labute approximate surface area is 116 Å². The molecule has 3 amide bonds. The van der Waals surface area contributed by atoms with Crippen LogP contribution >= 0.6 is 11.8 Å². The van der Waals surface area contributed by atoms with Crippen LogP contribution in [-0.4, -0.2) is 40.6 Å². The Morgan fingerprint density at radius 1 is 1.26 bits per heavy atom.